The second-order valence-electron chi connectivity index (χ2n) is 7.48. The molecule has 0 aromatic heterocycles. The van der Waals surface area contributed by atoms with E-state index in [1.165, 1.54) is 19.3 Å². The van der Waals surface area contributed by atoms with Crippen LogP contribution in [0.25, 0.3) is 0 Å². The van der Waals surface area contributed by atoms with E-state index in [0.29, 0.717) is 5.92 Å². The summed E-state index contributed by atoms with van der Waals surface area (Å²) in [5.41, 5.74) is 1.17. The van der Waals surface area contributed by atoms with Gasteiger partial charge in [-0.2, -0.15) is 0 Å². The van der Waals surface area contributed by atoms with Gasteiger partial charge in [-0.05, 0) is 72.0 Å². The predicted octanol–water partition coefficient (Wildman–Crippen LogP) is 4.71. The third-order valence-corrected chi connectivity index (χ3v) is 5.35. The fourth-order valence-corrected chi connectivity index (χ4v) is 3.06. The van der Waals surface area contributed by atoms with E-state index in [-0.39, 0.29) is 19.7 Å². The molecule has 0 N–H and O–H groups in total. The normalized spacial score (nSPS) is 31.2. The Morgan fingerprint density at radius 3 is 2.37 bits per heavy atom. The van der Waals surface area contributed by atoms with Crippen LogP contribution in [-0.2, 0) is 9.31 Å². The van der Waals surface area contributed by atoms with Crippen LogP contribution in [0.15, 0.2) is 11.6 Å². The first-order valence-corrected chi connectivity index (χ1v) is 7.72. The maximum atomic E-state index is 6.11. The highest BCUT2D eigenvalue weighted by Gasteiger charge is 2.51. The molecule has 2 aliphatic rings. The fourth-order valence-electron chi connectivity index (χ4n) is 3.06. The molecule has 3 heteroatoms. The van der Waals surface area contributed by atoms with E-state index >= 15 is 0 Å². The summed E-state index contributed by atoms with van der Waals surface area (Å²) >= 11 is 0. The lowest BCUT2D eigenvalue weighted by atomic mass is 9.70. The topological polar surface area (TPSA) is 18.5 Å². The van der Waals surface area contributed by atoms with Crippen molar-refractivity contribution in [3.05, 3.63) is 11.6 Å². The quantitative estimate of drug-likeness (QED) is 0.544. The molecule has 0 radical (unpaired) electrons. The lowest BCUT2D eigenvalue weighted by Crippen LogP contribution is -2.41. The zero-order chi connectivity index (χ0) is 14.3. The minimum atomic E-state index is -0.194. The molecular formula is C16H31BO2. The standard InChI is InChI=1S/C16H29BO2.H2/c1-12-7-9-14(10-8-12)13(2)11-17-18-15(3,4)16(5,6)19-17;/h7,13-14H,8-11H2,1-6H3;1H/t13?,14-;/m0./s1/i;1+1. The van der Waals surface area contributed by atoms with Gasteiger partial charge in [0.2, 0.25) is 0 Å². The van der Waals surface area contributed by atoms with Gasteiger partial charge in [-0.25, -0.2) is 0 Å². The summed E-state index contributed by atoms with van der Waals surface area (Å²) in [4.78, 5) is 0. The van der Waals surface area contributed by atoms with Gasteiger partial charge in [-0.15, -0.1) is 0 Å². The van der Waals surface area contributed by atoms with Crippen LogP contribution in [0, 0.1) is 11.8 Å². The van der Waals surface area contributed by atoms with Gasteiger partial charge in [0.15, 0.2) is 0 Å². The van der Waals surface area contributed by atoms with Crippen LogP contribution in [0.1, 0.15) is 62.2 Å². The Balaban J connectivity index is 0.00000200. The molecule has 19 heavy (non-hydrogen) atoms. The Morgan fingerprint density at radius 2 is 1.89 bits per heavy atom. The molecule has 0 bridgehead atoms. The van der Waals surface area contributed by atoms with Crippen LogP contribution >= 0.6 is 0 Å². The minimum Gasteiger partial charge on any atom is -0.403 e. The Hall–Kier alpha value is -0.275. The van der Waals surface area contributed by atoms with Crippen molar-refractivity contribution in [3.8, 4) is 0 Å². The van der Waals surface area contributed by atoms with Crippen molar-refractivity contribution in [2.24, 2.45) is 11.8 Å². The van der Waals surface area contributed by atoms with Crippen LogP contribution in [0.4, 0.5) is 0 Å². The van der Waals surface area contributed by atoms with E-state index < -0.39 is 0 Å². The molecule has 1 saturated heterocycles. The fraction of sp³-hybridized carbons (Fsp3) is 0.875. The van der Waals surface area contributed by atoms with E-state index in [4.69, 9.17) is 9.31 Å². The molecule has 1 fully saturated rings. The number of rotatable bonds is 3. The average Bonchev–Trinajstić information content (AvgIpc) is 2.47. The Labute approximate surface area is 120 Å². The molecule has 1 aliphatic carbocycles. The summed E-state index contributed by atoms with van der Waals surface area (Å²) in [6, 6.07) is 0. The first-order chi connectivity index (χ1) is 8.71. The number of hydrogen-bond acceptors (Lipinski definition) is 2. The molecule has 2 rings (SSSR count). The van der Waals surface area contributed by atoms with E-state index in [1.807, 2.05) is 0 Å². The maximum absolute atomic E-state index is 6.11. The lowest BCUT2D eigenvalue weighted by Gasteiger charge is -2.32. The Kier molecular flexibility index (Phi) is 4.18. The van der Waals surface area contributed by atoms with Crippen LogP contribution in [0.2, 0.25) is 6.32 Å². The summed E-state index contributed by atoms with van der Waals surface area (Å²) in [5, 5.41) is 0. The summed E-state index contributed by atoms with van der Waals surface area (Å²) in [6.07, 6.45) is 7.24. The van der Waals surface area contributed by atoms with Crippen molar-refractivity contribution >= 4 is 7.12 Å². The van der Waals surface area contributed by atoms with Gasteiger partial charge >= 0.3 is 7.12 Å². The molecule has 0 amide bonds. The SMILES string of the molecule is CC1=CC[C@H](C(C)CB2OC(C)(C)C(C)(C)O2)CC1.[2HH]. The van der Waals surface area contributed by atoms with Gasteiger partial charge in [0, 0.05) is 1.43 Å². The molecule has 0 aromatic carbocycles. The monoisotopic (exact) mass is 267 g/mol. The summed E-state index contributed by atoms with van der Waals surface area (Å²) in [6.45, 7) is 13.1. The first-order valence-electron chi connectivity index (χ1n) is 7.72. The largest absolute Gasteiger partial charge is 0.458 e. The smallest absolute Gasteiger partial charge is 0.403 e. The van der Waals surface area contributed by atoms with Crippen LogP contribution in [0.5, 0.6) is 0 Å². The molecule has 2 atom stereocenters. The minimum absolute atomic E-state index is 0. The van der Waals surface area contributed by atoms with Crippen LogP contribution in [0.3, 0.4) is 0 Å². The van der Waals surface area contributed by atoms with Crippen molar-refractivity contribution < 1.29 is 10.7 Å². The second-order valence-corrected chi connectivity index (χ2v) is 7.48. The van der Waals surface area contributed by atoms with Gasteiger partial charge in [-0.3, -0.25) is 0 Å². The van der Waals surface area contributed by atoms with Crippen LogP contribution in [-0.4, -0.2) is 18.3 Å². The van der Waals surface area contributed by atoms with Crippen molar-refractivity contribution in [3.63, 3.8) is 0 Å². The van der Waals surface area contributed by atoms with Gasteiger partial charge in [0.05, 0.1) is 11.2 Å². The highest BCUT2D eigenvalue weighted by atomic mass is 16.7. The molecular weight excluding hydrogens is 235 g/mol. The number of allylic oxidation sites excluding steroid dienone is 2. The average molecular weight is 267 g/mol. The second kappa shape index (κ2) is 5.25. The van der Waals surface area contributed by atoms with Gasteiger partial charge in [-0.1, -0.05) is 18.6 Å². The van der Waals surface area contributed by atoms with E-state index in [2.05, 4.69) is 47.6 Å². The van der Waals surface area contributed by atoms with Crippen molar-refractivity contribution in [2.75, 3.05) is 0 Å². The highest BCUT2D eigenvalue weighted by Crippen LogP contribution is 2.40. The van der Waals surface area contributed by atoms with Crippen molar-refractivity contribution in [1.29, 1.82) is 0 Å². The molecule has 0 aromatic rings. The van der Waals surface area contributed by atoms with E-state index in [9.17, 15) is 0 Å². The summed E-state index contributed by atoms with van der Waals surface area (Å²) < 4.78 is 12.2. The zero-order valence-corrected chi connectivity index (χ0v) is 13.5. The molecule has 0 saturated carbocycles. The Morgan fingerprint density at radius 1 is 1.32 bits per heavy atom. The zero-order valence-electron chi connectivity index (χ0n) is 13.5. The van der Waals surface area contributed by atoms with Gasteiger partial charge in [0.1, 0.15) is 0 Å². The molecule has 1 aliphatic heterocycles. The maximum Gasteiger partial charge on any atom is 0.458 e. The third-order valence-electron chi connectivity index (χ3n) is 5.35. The molecule has 2 nitrogen and oxygen atoms in total. The molecule has 110 valence electrons. The lowest BCUT2D eigenvalue weighted by molar-refractivity contribution is 0.00578. The third kappa shape index (κ3) is 3.25. The highest BCUT2D eigenvalue weighted by molar-refractivity contribution is 6.45. The Bertz CT molecular complexity index is 349. The summed E-state index contributed by atoms with van der Waals surface area (Å²) in [7, 11) is -0.0352. The molecule has 1 unspecified atom stereocenters. The predicted molar refractivity (Wildman–Crippen MR) is 83.3 cm³/mol. The summed E-state index contributed by atoms with van der Waals surface area (Å²) in [5.74, 6) is 1.46. The van der Waals surface area contributed by atoms with Crippen molar-refractivity contribution in [1.82, 2.24) is 0 Å². The number of hydrogen-bond donors (Lipinski definition) is 0. The van der Waals surface area contributed by atoms with E-state index in [0.717, 1.165) is 12.2 Å². The van der Waals surface area contributed by atoms with E-state index in [1.54, 1.807) is 5.57 Å². The molecule has 1 heterocycles. The molecule has 0 spiro atoms. The van der Waals surface area contributed by atoms with Crippen LogP contribution < -0.4 is 0 Å². The van der Waals surface area contributed by atoms with Crippen molar-refractivity contribution in [2.45, 2.75) is 78.3 Å². The van der Waals surface area contributed by atoms with Gasteiger partial charge in [0.25, 0.3) is 0 Å². The first kappa shape index (κ1) is 15.1. The van der Waals surface area contributed by atoms with Gasteiger partial charge < -0.3 is 9.31 Å².